The summed E-state index contributed by atoms with van der Waals surface area (Å²) in [6.07, 6.45) is 3.45. The second-order valence-electron chi connectivity index (χ2n) is 15.3. The molecule has 281 valence electrons. The van der Waals surface area contributed by atoms with Gasteiger partial charge in [0.2, 0.25) is 0 Å². The van der Waals surface area contributed by atoms with Crippen LogP contribution in [0.5, 0.6) is 0 Å². The molecule has 1 fully saturated rings. The van der Waals surface area contributed by atoms with Crippen molar-refractivity contribution in [2.24, 2.45) is 11.8 Å². The zero-order chi connectivity index (χ0) is 43.9. The summed E-state index contributed by atoms with van der Waals surface area (Å²) in [5, 5.41) is 11.2. The van der Waals surface area contributed by atoms with Gasteiger partial charge in [0, 0.05) is 44.6 Å². The largest absolute Gasteiger partial charge is 0 e. The van der Waals surface area contributed by atoms with Gasteiger partial charge in [0.25, 0.3) is 0 Å². The summed E-state index contributed by atoms with van der Waals surface area (Å²) in [5.74, 6) is 6.53. The molecule has 7 aromatic rings. The van der Waals surface area contributed by atoms with Crippen LogP contribution in [0.4, 0.5) is 0 Å². The third-order valence-electron chi connectivity index (χ3n) is 9.79. The molecule has 1 saturated carbocycles. The van der Waals surface area contributed by atoms with Crippen LogP contribution < -0.4 is 4.40 Å². The molecule has 1 aliphatic rings. The first kappa shape index (κ1) is 31.8. The van der Waals surface area contributed by atoms with Crippen LogP contribution in [0.3, 0.4) is 0 Å². The van der Waals surface area contributed by atoms with Gasteiger partial charge in [-0.1, -0.05) is 85.3 Å². The molecular weight excluding hydrogens is 911 g/mol. The molecular formula is C49H49GeIrN3O-2. The van der Waals surface area contributed by atoms with Gasteiger partial charge in [0.05, 0.1) is 5.58 Å². The van der Waals surface area contributed by atoms with Crippen LogP contribution in [0.15, 0.2) is 108 Å². The van der Waals surface area contributed by atoms with Gasteiger partial charge in [-0.25, -0.2) is 5.26 Å². The number of furan rings is 1. The van der Waals surface area contributed by atoms with E-state index in [0.29, 0.717) is 33.4 Å². The van der Waals surface area contributed by atoms with E-state index < -0.39 is 32.9 Å². The molecule has 4 nitrogen and oxygen atoms in total. The normalized spacial score (nSPS) is 15.7. The molecule has 55 heavy (non-hydrogen) atoms. The Morgan fingerprint density at radius 2 is 1.67 bits per heavy atom. The van der Waals surface area contributed by atoms with Gasteiger partial charge in [-0.05, 0) is 58.5 Å². The van der Waals surface area contributed by atoms with Crippen LogP contribution in [-0.2, 0) is 32.9 Å². The standard InChI is InChI=1S/C31H25N2O.C18H24GeN.Ir/c1-20-15-28(33-19-25(20)16-21-7-5-6-8-21)26-13-12-24(18-32)30-27-14-11-23(17-29(27)34-31(26)30)22-9-3-2-4-10-22;1-14(2)11-16-12-18(15-9-7-6-8-10-15)20-13-17(16)19(3,4)5;/h2-4,9-12,14-15,17,19,21H,5-8,16H2,1H3;6-9,12-14H,11H2,1-5H3;/q2*-1;/i1D3,16D2;11D2;. The van der Waals surface area contributed by atoms with E-state index in [0.717, 1.165) is 63.4 Å². The number of pyridine rings is 2. The van der Waals surface area contributed by atoms with Gasteiger partial charge < -0.3 is 9.40 Å². The van der Waals surface area contributed by atoms with E-state index in [2.05, 4.69) is 45.4 Å². The number of aromatic nitrogens is 2. The molecule has 6 heteroatoms. The number of fused-ring (bicyclic) bond motifs is 3. The van der Waals surface area contributed by atoms with Crippen LogP contribution in [-0.4, -0.2) is 23.2 Å². The van der Waals surface area contributed by atoms with Crippen LogP contribution in [0, 0.1) is 42.2 Å². The van der Waals surface area contributed by atoms with Crippen molar-refractivity contribution in [1.82, 2.24) is 9.97 Å². The second-order valence-corrected chi connectivity index (χ2v) is 25.8. The van der Waals surface area contributed by atoms with Gasteiger partial charge in [-0.15, -0.1) is 12.1 Å². The summed E-state index contributed by atoms with van der Waals surface area (Å²) in [6.45, 7) is 1.34. The SMILES string of the molecule is [2H]C([2H])([2H])c1cc(-c2[c-]cc(C#N)c3c2oc2cc(-c4ccccc4)ccc23)ncc1C([2H])([2H])C1CCCC1.[2H]C([2H])(c1cc(-c2[c-]cccc2)nc[c]1[Ge]([CH3])([CH3])[CH3])C(C)C.[Ir]. The van der Waals surface area contributed by atoms with Gasteiger partial charge >= 0.3 is 128 Å². The number of hydrogen-bond acceptors (Lipinski definition) is 4. The van der Waals surface area contributed by atoms with E-state index in [4.69, 9.17) is 14.0 Å². The Balaban J connectivity index is 0.000000238. The van der Waals surface area contributed by atoms with Crippen molar-refractivity contribution in [1.29, 1.82) is 5.26 Å². The number of hydrogen-bond donors (Lipinski definition) is 0. The number of benzene rings is 4. The van der Waals surface area contributed by atoms with Crippen molar-refractivity contribution in [3.05, 3.63) is 138 Å². The second kappa shape index (κ2) is 17.6. The molecule has 0 unspecified atom stereocenters. The molecule has 0 N–H and O–H groups in total. The van der Waals surface area contributed by atoms with Crippen molar-refractivity contribution in [3.63, 3.8) is 0 Å². The Bertz CT molecular complexity index is 2740. The quantitative estimate of drug-likeness (QED) is 0.112. The Morgan fingerprint density at radius 3 is 2.36 bits per heavy atom. The predicted octanol–water partition coefficient (Wildman–Crippen LogP) is 12.3. The Hall–Kier alpha value is -4.34. The van der Waals surface area contributed by atoms with Crippen molar-refractivity contribution in [2.75, 3.05) is 0 Å². The number of aryl methyl sites for hydroxylation is 1. The smallest absolute Gasteiger partial charge is 0 e. The number of rotatable bonds is 8. The minimum absolute atomic E-state index is 0. The van der Waals surface area contributed by atoms with E-state index >= 15 is 0 Å². The molecule has 3 aromatic heterocycles. The van der Waals surface area contributed by atoms with Crippen molar-refractivity contribution in [2.45, 2.75) is 76.4 Å². The molecule has 0 spiro atoms. The molecule has 8 rings (SSSR count). The topological polar surface area (TPSA) is 62.7 Å². The summed E-state index contributed by atoms with van der Waals surface area (Å²) in [5.41, 5.74) is 6.70. The molecule has 0 saturated heterocycles. The average molecular weight is 968 g/mol. The first-order valence-corrected chi connectivity index (χ1v) is 26.0. The molecule has 0 amide bonds. The van der Waals surface area contributed by atoms with Crippen LogP contribution in [0.25, 0.3) is 55.6 Å². The molecule has 4 aromatic carbocycles. The molecule has 0 bridgehead atoms. The van der Waals surface area contributed by atoms with Gasteiger partial charge in [-0.2, -0.15) is 0 Å². The summed E-state index contributed by atoms with van der Waals surface area (Å²) < 4.78 is 66.8. The van der Waals surface area contributed by atoms with Crippen molar-refractivity contribution < 1.29 is 34.1 Å². The summed E-state index contributed by atoms with van der Waals surface area (Å²) in [4.78, 5) is 9.14. The molecule has 0 atom stereocenters. The fraction of sp³-hybridized carbons (Fsp3) is 0.286. The van der Waals surface area contributed by atoms with E-state index in [1.165, 1.54) is 12.3 Å². The van der Waals surface area contributed by atoms with Crippen molar-refractivity contribution in [3.8, 4) is 39.7 Å². The van der Waals surface area contributed by atoms with E-state index in [1.807, 2.05) is 98.9 Å². The number of nitriles is 1. The van der Waals surface area contributed by atoms with Gasteiger partial charge in [0.15, 0.2) is 0 Å². The van der Waals surface area contributed by atoms with Crippen LogP contribution >= 0.6 is 0 Å². The fourth-order valence-electron chi connectivity index (χ4n) is 7.09. The third kappa shape index (κ3) is 9.21. The van der Waals surface area contributed by atoms with Gasteiger partial charge in [-0.3, -0.25) is 0 Å². The Labute approximate surface area is 353 Å². The van der Waals surface area contributed by atoms with Crippen molar-refractivity contribution >= 4 is 39.6 Å². The monoisotopic (exact) mass is 969 g/mol. The summed E-state index contributed by atoms with van der Waals surface area (Å²) >= 11 is -2.20. The maximum absolute atomic E-state index is 9.84. The fourth-order valence-corrected chi connectivity index (χ4v) is 10.0. The maximum atomic E-state index is 9.84. The Morgan fingerprint density at radius 1 is 0.909 bits per heavy atom. The third-order valence-corrected chi connectivity index (χ3v) is 14.0. The molecule has 1 aliphatic carbocycles. The molecule has 3 heterocycles. The van der Waals surface area contributed by atoms with E-state index in [-0.39, 0.29) is 43.1 Å². The zero-order valence-corrected chi connectivity index (χ0v) is 36.4. The zero-order valence-electron chi connectivity index (χ0n) is 38.9. The molecule has 0 aliphatic heterocycles. The van der Waals surface area contributed by atoms with E-state index in [9.17, 15) is 5.26 Å². The van der Waals surface area contributed by atoms with Crippen LogP contribution in [0.2, 0.25) is 17.3 Å². The average Bonchev–Trinajstić information content (AvgIpc) is 3.93. The predicted molar refractivity (Wildman–Crippen MR) is 226 cm³/mol. The van der Waals surface area contributed by atoms with Crippen LogP contribution in [0.1, 0.15) is 71.4 Å². The first-order chi connectivity index (χ1) is 28.8. The number of nitrogens with zero attached hydrogens (tertiary/aromatic N) is 3. The summed E-state index contributed by atoms with van der Waals surface area (Å²) in [7, 11) is 0. The maximum Gasteiger partial charge on any atom is 0 e. The minimum atomic E-state index is -2.54. The van der Waals surface area contributed by atoms with Gasteiger partial charge in [0.1, 0.15) is 5.58 Å². The first-order valence-electron chi connectivity index (χ1n) is 22.2. The Kier molecular flexibility index (Phi) is 10.2. The minimum Gasteiger partial charge on any atom is 0 e. The molecule has 1 radical (unpaired) electrons. The van der Waals surface area contributed by atoms with E-state index in [1.54, 1.807) is 6.07 Å². The summed E-state index contributed by atoms with van der Waals surface area (Å²) in [6, 6.07) is 36.9.